The lowest BCUT2D eigenvalue weighted by Gasteiger charge is -2.13. The molecular formula is C9H19N3O2. The molecule has 1 atom stereocenters. The van der Waals surface area contributed by atoms with E-state index in [9.17, 15) is 9.59 Å². The number of primary amides is 2. The van der Waals surface area contributed by atoms with Gasteiger partial charge in [-0.3, -0.25) is 9.59 Å². The molecule has 2 amide bonds. The van der Waals surface area contributed by atoms with Crippen LogP contribution >= 0.6 is 0 Å². The van der Waals surface area contributed by atoms with Gasteiger partial charge in [0.15, 0.2) is 0 Å². The van der Waals surface area contributed by atoms with Crippen LogP contribution in [0.15, 0.2) is 0 Å². The van der Waals surface area contributed by atoms with Gasteiger partial charge >= 0.3 is 0 Å². The first kappa shape index (κ1) is 12.9. The summed E-state index contributed by atoms with van der Waals surface area (Å²) in [6.07, 6.45) is 2.91. The van der Waals surface area contributed by atoms with Crippen molar-refractivity contribution >= 4 is 11.8 Å². The minimum Gasteiger partial charge on any atom is -0.370 e. The van der Waals surface area contributed by atoms with E-state index in [1.54, 1.807) is 0 Å². The molecule has 0 bridgehead atoms. The molecule has 0 aliphatic rings. The van der Waals surface area contributed by atoms with Crippen LogP contribution in [0, 0.1) is 5.92 Å². The van der Waals surface area contributed by atoms with Gasteiger partial charge in [-0.25, -0.2) is 0 Å². The molecule has 0 aromatic rings. The van der Waals surface area contributed by atoms with Gasteiger partial charge in [-0.1, -0.05) is 0 Å². The molecule has 0 saturated carbocycles. The molecule has 0 aliphatic carbocycles. The van der Waals surface area contributed by atoms with E-state index in [1.807, 2.05) is 0 Å². The molecule has 0 aromatic carbocycles. The van der Waals surface area contributed by atoms with Crippen LogP contribution in [-0.4, -0.2) is 18.4 Å². The molecule has 5 heteroatoms. The highest BCUT2D eigenvalue weighted by molar-refractivity contribution is 5.75. The zero-order chi connectivity index (χ0) is 11.0. The smallest absolute Gasteiger partial charge is 0.217 e. The van der Waals surface area contributed by atoms with Crippen molar-refractivity contribution in [3.63, 3.8) is 0 Å². The quantitative estimate of drug-likeness (QED) is 0.491. The van der Waals surface area contributed by atoms with Crippen molar-refractivity contribution in [3.8, 4) is 0 Å². The molecule has 1 unspecified atom stereocenters. The number of carbonyl (C=O) groups is 2. The molecule has 0 fully saturated rings. The normalized spacial score (nSPS) is 12.4. The summed E-state index contributed by atoms with van der Waals surface area (Å²) < 4.78 is 0. The number of nitrogens with two attached hydrogens (primary N) is 3. The first-order valence-electron chi connectivity index (χ1n) is 4.83. The second-order valence-electron chi connectivity index (χ2n) is 3.47. The number of hydrogen-bond donors (Lipinski definition) is 3. The highest BCUT2D eigenvalue weighted by Gasteiger charge is 2.12. The molecule has 0 rings (SSSR count). The van der Waals surface area contributed by atoms with Crippen molar-refractivity contribution < 1.29 is 9.59 Å². The monoisotopic (exact) mass is 201 g/mol. The number of rotatable bonds is 8. The van der Waals surface area contributed by atoms with Gasteiger partial charge in [0.25, 0.3) is 0 Å². The van der Waals surface area contributed by atoms with E-state index in [-0.39, 0.29) is 17.7 Å². The minimum absolute atomic E-state index is 0.142. The van der Waals surface area contributed by atoms with Gasteiger partial charge in [-0.2, -0.15) is 0 Å². The van der Waals surface area contributed by atoms with Gasteiger partial charge in [-0.05, 0) is 31.7 Å². The molecule has 0 aliphatic heterocycles. The molecule has 82 valence electrons. The fourth-order valence-corrected chi connectivity index (χ4v) is 1.39. The molecule has 0 aromatic heterocycles. The van der Waals surface area contributed by atoms with Gasteiger partial charge in [0.1, 0.15) is 0 Å². The maximum atomic E-state index is 10.7. The summed E-state index contributed by atoms with van der Waals surface area (Å²) in [7, 11) is 0. The lowest BCUT2D eigenvalue weighted by molar-refractivity contribution is -0.120. The summed E-state index contributed by atoms with van der Waals surface area (Å²) in [4.78, 5) is 21.2. The summed E-state index contributed by atoms with van der Waals surface area (Å²) in [5.74, 6) is -0.535. The first-order valence-corrected chi connectivity index (χ1v) is 4.83. The van der Waals surface area contributed by atoms with Crippen molar-refractivity contribution in [3.05, 3.63) is 0 Å². The topological polar surface area (TPSA) is 112 Å². The van der Waals surface area contributed by atoms with Crippen LogP contribution in [0.3, 0.4) is 0 Å². The van der Waals surface area contributed by atoms with E-state index in [2.05, 4.69) is 0 Å². The second-order valence-corrected chi connectivity index (χ2v) is 3.47. The highest BCUT2D eigenvalue weighted by atomic mass is 16.1. The third-order valence-electron chi connectivity index (χ3n) is 2.11. The lowest BCUT2D eigenvalue weighted by Crippen LogP contribution is -2.19. The van der Waals surface area contributed by atoms with E-state index in [1.165, 1.54) is 0 Å². The Morgan fingerprint density at radius 1 is 1.07 bits per heavy atom. The van der Waals surface area contributed by atoms with Crippen molar-refractivity contribution in [1.82, 2.24) is 0 Å². The van der Waals surface area contributed by atoms with Crippen molar-refractivity contribution in [1.29, 1.82) is 0 Å². The van der Waals surface area contributed by atoms with Gasteiger partial charge in [0.05, 0.1) is 0 Å². The van der Waals surface area contributed by atoms with E-state index < -0.39 is 0 Å². The van der Waals surface area contributed by atoms with Crippen LogP contribution in [0.4, 0.5) is 0 Å². The van der Waals surface area contributed by atoms with Crippen molar-refractivity contribution in [2.45, 2.75) is 32.1 Å². The molecule has 14 heavy (non-hydrogen) atoms. The van der Waals surface area contributed by atoms with Crippen LogP contribution in [0.1, 0.15) is 32.1 Å². The average molecular weight is 201 g/mol. The number of hydrogen-bond acceptors (Lipinski definition) is 3. The van der Waals surface area contributed by atoms with Gasteiger partial charge in [0.2, 0.25) is 11.8 Å². The maximum Gasteiger partial charge on any atom is 0.217 e. The fourth-order valence-electron chi connectivity index (χ4n) is 1.39. The summed E-state index contributed by atoms with van der Waals surface area (Å²) in [6.45, 7) is 0.589. The molecule has 0 heterocycles. The van der Waals surface area contributed by atoms with Gasteiger partial charge in [-0.15, -0.1) is 0 Å². The van der Waals surface area contributed by atoms with Gasteiger partial charge < -0.3 is 17.2 Å². The maximum absolute atomic E-state index is 10.7. The highest BCUT2D eigenvalue weighted by Crippen LogP contribution is 2.16. The van der Waals surface area contributed by atoms with E-state index in [0.717, 1.165) is 12.8 Å². The zero-order valence-corrected chi connectivity index (χ0v) is 8.37. The Bertz CT molecular complexity index is 194. The summed E-state index contributed by atoms with van der Waals surface area (Å²) in [6, 6.07) is 0. The number of carbonyl (C=O) groups excluding carboxylic acids is 2. The van der Waals surface area contributed by atoms with Crippen LogP contribution in [-0.2, 0) is 9.59 Å². The third kappa shape index (κ3) is 7.54. The number of amides is 2. The first-order chi connectivity index (χ1) is 6.56. The van der Waals surface area contributed by atoms with Crippen molar-refractivity contribution in [2.24, 2.45) is 23.1 Å². The second kappa shape index (κ2) is 7.32. The Morgan fingerprint density at radius 3 is 2.14 bits per heavy atom. The van der Waals surface area contributed by atoms with E-state index in [0.29, 0.717) is 25.8 Å². The molecular weight excluding hydrogens is 182 g/mol. The van der Waals surface area contributed by atoms with Crippen LogP contribution < -0.4 is 17.2 Å². The molecule has 0 radical (unpaired) electrons. The molecule has 0 saturated heterocycles. The molecule has 5 nitrogen and oxygen atoms in total. The zero-order valence-electron chi connectivity index (χ0n) is 8.37. The lowest BCUT2D eigenvalue weighted by atomic mass is 9.94. The Morgan fingerprint density at radius 2 is 1.71 bits per heavy atom. The standard InChI is InChI=1S/C9H19N3O2/c10-5-1-2-7(6-9(12)14)3-4-8(11)13/h7H,1-6,10H2,(H2,11,13)(H2,12,14). The van der Waals surface area contributed by atoms with Gasteiger partial charge in [0, 0.05) is 12.8 Å². The van der Waals surface area contributed by atoms with Crippen LogP contribution in [0.5, 0.6) is 0 Å². The Balaban J connectivity index is 3.83. The summed E-state index contributed by atoms with van der Waals surface area (Å²) in [5.41, 5.74) is 15.5. The Labute approximate surface area is 84.0 Å². The largest absolute Gasteiger partial charge is 0.370 e. The van der Waals surface area contributed by atoms with E-state index in [4.69, 9.17) is 17.2 Å². The average Bonchev–Trinajstić information content (AvgIpc) is 2.09. The van der Waals surface area contributed by atoms with Crippen molar-refractivity contribution in [2.75, 3.05) is 6.54 Å². The summed E-state index contributed by atoms with van der Waals surface area (Å²) in [5, 5.41) is 0. The molecule has 0 spiro atoms. The fraction of sp³-hybridized carbons (Fsp3) is 0.778. The minimum atomic E-state index is -0.341. The van der Waals surface area contributed by atoms with E-state index >= 15 is 0 Å². The Hall–Kier alpha value is -1.10. The SMILES string of the molecule is NCCCC(CCC(N)=O)CC(N)=O. The third-order valence-corrected chi connectivity index (χ3v) is 2.11. The summed E-state index contributed by atoms with van der Waals surface area (Å²) >= 11 is 0. The Kier molecular flexibility index (Phi) is 6.74. The van der Waals surface area contributed by atoms with Crippen LogP contribution in [0.2, 0.25) is 0 Å². The predicted octanol–water partition coefficient (Wildman–Crippen LogP) is -0.518. The molecule has 6 N–H and O–H groups in total. The predicted molar refractivity (Wildman–Crippen MR) is 54.0 cm³/mol. The van der Waals surface area contributed by atoms with Crippen LogP contribution in [0.25, 0.3) is 0 Å².